The van der Waals surface area contributed by atoms with Crippen LogP contribution in [0.1, 0.15) is 31.6 Å². The molecular formula is C17H17NO4S2. The molecule has 0 aliphatic carbocycles. The third-order valence-corrected chi connectivity index (χ3v) is 6.11. The topological polar surface area (TPSA) is 75.6 Å². The monoisotopic (exact) mass is 363 g/mol. The number of carbonyl (C=O) groups excluding carboxylic acids is 1. The van der Waals surface area contributed by atoms with E-state index < -0.39 is 5.97 Å². The fourth-order valence-electron chi connectivity index (χ4n) is 2.68. The van der Waals surface area contributed by atoms with Crippen molar-refractivity contribution < 1.29 is 19.4 Å². The summed E-state index contributed by atoms with van der Waals surface area (Å²) in [5, 5.41) is 14.0. The number of thiophene rings is 1. The van der Waals surface area contributed by atoms with Crippen LogP contribution in [-0.4, -0.2) is 29.8 Å². The molecule has 3 rings (SSSR count). The van der Waals surface area contributed by atoms with E-state index in [1.165, 1.54) is 18.1 Å². The molecule has 1 amide bonds. The number of ether oxygens (including phenoxy) is 1. The molecule has 1 unspecified atom stereocenters. The minimum atomic E-state index is -1.05. The Morgan fingerprint density at radius 3 is 2.96 bits per heavy atom. The standard InChI is InChI=1S/C17H17NO4S2/c1-22-13-3-2-10(8-12(13)17(20)21)9-18-16(19)15-11-4-6-23-14(11)5-7-24-15/h2-4,6,8,15H,5,7,9H2,1H3,(H,18,19)(H,20,21). The van der Waals surface area contributed by atoms with Gasteiger partial charge >= 0.3 is 5.97 Å². The van der Waals surface area contributed by atoms with Crippen LogP contribution in [0.5, 0.6) is 5.75 Å². The number of nitrogens with one attached hydrogen (secondary N) is 1. The van der Waals surface area contributed by atoms with Gasteiger partial charge in [-0.15, -0.1) is 23.1 Å². The summed E-state index contributed by atoms with van der Waals surface area (Å²) in [6, 6.07) is 6.92. The van der Waals surface area contributed by atoms with Crippen LogP contribution in [0.2, 0.25) is 0 Å². The molecule has 0 saturated carbocycles. The molecule has 0 spiro atoms. The number of hydrogen-bond donors (Lipinski definition) is 2. The first-order valence-electron chi connectivity index (χ1n) is 7.46. The van der Waals surface area contributed by atoms with Crippen molar-refractivity contribution in [3.63, 3.8) is 0 Å². The SMILES string of the molecule is COc1ccc(CNC(=O)C2SCCc3sccc32)cc1C(=O)O. The normalized spacial score (nSPS) is 16.3. The van der Waals surface area contributed by atoms with Crippen molar-refractivity contribution in [3.05, 3.63) is 51.2 Å². The molecule has 0 fully saturated rings. The number of benzene rings is 1. The summed E-state index contributed by atoms with van der Waals surface area (Å²) in [4.78, 5) is 25.0. The van der Waals surface area contributed by atoms with Crippen molar-refractivity contribution in [2.45, 2.75) is 18.2 Å². The first-order chi connectivity index (χ1) is 11.6. The van der Waals surface area contributed by atoms with Crippen LogP contribution in [0.25, 0.3) is 0 Å². The van der Waals surface area contributed by atoms with Gasteiger partial charge in [-0.25, -0.2) is 4.79 Å². The average molecular weight is 363 g/mol. The van der Waals surface area contributed by atoms with Gasteiger partial charge in [-0.1, -0.05) is 6.07 Å². The number of aryl methyl sites for hydroxylation is 1. The van der Waals surface area contributed by atoms with Gasteiger partial charge in [-0.3, -0.25) is 4.79 Å². The van der Waals surface area contributed by atoms with Gasteiger partial charge in [0, 0.05) is 11.4 Å². The number of fused-ring (bicyclic) bond motifs is 1. The minimum absolute atomic E-state index is 0.0351. The van der Waals surface area contributed by atoms with E-state index in [2.05, 4.69) is 5.32 Å². The van der Waals surface area contributed by atoms with E-state index in [0.717, 1.165) is 23.3 Å². The zero-order valence-corrected chi connectivity index (χ0v) is 14.7. The lowest BCUT2D eigenvalue weighted by Crippen LogP contribution is -2.29. The highest BCUT2D eigenvalue weighted by atomic mass is 32.2. The van der Waals surface area contributed by atoms with Gasteiger partial charge < -0.3 is 15.2 Å². The number of carboxylic acid groups (broad SMARTS) is 1. The van der Waals surface area contributed by atoms with Gasteiger partial charge in [-0.2, -0.15) is 0 Å². The van der Waals surface area contributed by atoms with Crippen molar-refractivity contribution in [1.29, 1.82) is 0 Å². The van der Waals surface area contributed by atoms with E-state index in [-0.39, 0.29) is 16.7 Å². The highest BCUT2D eigenvalue weighted by Crippen LogP contribution is 2.39. The van der Waals surface area contributed by atoms with E-state index in [4.69, 9.17) is 4.74 Å². The van der Waals surface area contributed by atoms with Gasteiger partial charge in [0.05, 0.1) is 7.11 Å². The Morgan fingerprint density at radius 2 is 2.21 bits per heavy atom. The summed E-state index contributed by atoms with van der Waals surface area (Å²) in [6.45, 7) is 0.291. The summed E-state index contributed by atoms with van der Waals surface area (Å²) in [5.74, 6) is 0.165. The van der Waals surface area contributed by atoms with Crippen molar-refractivity contribution in [2.24, 2.45) is 0 Å². The van der Waals surface area contributed by atoms with Gasteiger partial charge in [-0.05, 0) is 46.9 Å². The Labute approximate surface area is 148 Å². The number of thioether (sulfide) groups is 1. The van der Waals surface area contributed by atoms with Gasteiger partial charge in [0.15, 0.2) is 0 Å². The second-order valence-corrected chi connectivity index (χ2v) is 7.57. The molecule has 5 nitrogen and oxygen atoms in total. The lowest BCUT2D eigenvalue weighted by atomic mass is 10.1. The summed E-state index contributed by atoms with van der Waals surface area (Å²) in [7, 11) is 1.43. The van der Waals surface area contributed by atoms with E-state index in [9.17, 15) is 14.7 Å². The lowest BCUT2D eigenvalue weighted by Gasteiger charge is -2.21. The van der Waals surface area contributed by atoms with E-state index in [0.29, 0.717) is 12.3 Å². The third kappa shape index (κ3) is 3.42. The molecule has 1 aliphatic rings. The maximum atomic E-state index is 12.5. The number of rotatable bonds is 5. The predicted molar refractivity (Wildman–Crippen MR) is 95.0 cm³/mol. The van der Waals surface area contributed by atoms with Crippen LogP contribution in [0.3, 0.4) is 0 Å². The smallest absolute Gasteiger partial charge is 0.339 e. The third-order valence-electron chi connectivity index (χ3n) is 3.88. The molecule has 24 heavy (non-hydrogen) atoms. The van der Waals surface area contributed by atoms with E-state index >= 15 is 0 Å². The summed E-state index contributed by atoms with van der Waals surface area (Å²) < 4.78 is 5.04. The molecule has 1 aromatic heterocycles. The molecule has 1 aromatic carbocycles. The number of aromatic carboxylic acids is 1. The van der Waals surface area contributed by atoms with Crippen molar-refractivity contribution in [3.8, 4) is 5.75 Å². The van der Waals surface area contributed by atoms with Crippen molar-refractivity contribution >= 4 is 35.0 Å². The van der Waals surface area contributed by atoms with Gasteiger partial charge in [0.25, 0.3) is 0 Å². The Kier molecular flexibility index (Phi) is 5.11. The number of carbonyl (C=O) groups is 2. The Morgan fingerprint density at radius 1 is 1.38 bits per heavy atom. The predicted octanol–water partition coefficient (Wildman–Crippen LogP) is 3.10. The van der Waals surface area contributed by atoms with Crippen LogP contribution in [-0.2, 0) is 17.8 Å². The molecule has 1 atom stereocenters. The molecular weight excluding hydrogens is 346 g/mol. The molecule has 1 aliphatic heterocycles. The largest absolute Gasteiger partial charge is 0.496 e. The number of methoxy groups -OCH3 is 1. The maximum Gasteiger partial charge on any atom is 0.339 e. The minimum Gasteiger partial charge on any atom is -0.496 e. The highest BCUT2D eigenvalue weighted by Gasteiger charge is 2.27. The second-order valence-electron chi connectivity index (χ2n) is 5.36. The molecule has 7 heteroatoms. The van der Waals surface area contributed by atoms with Crippen LogP contribution < -0.4 is 10.1 Å². The number of carboxylic acids is 1. The summed E-state index contributed by atoms with van der Waals surface area (Å²) in [5.41, 5.74) is 1.93. The summed E-state index contributed by atoms with van der Waals surface area (Å²) >= 11 is 3.35. The Balaban J connectivity index is 1.69. The average Bonchev–Trinajstić information content (AvgIpc) is 3.08. The molecule has 2 heterocycles. The molecule has 0 bridgehead atoms. The highest BCUT2D eigenvalue weighted by molar-refractivity contribution is 8.00. The Bertz CT molecular complexity index is 772. The van der Waals surface area contributed by atoms with Crippen LogP contribution in [0.4, 0.5) is 0 Å². The zero-order valence-electron chi connectivity index (χ0n) is 13.1. The molecule has 2 N–H and O–H groups in total. The summed E-state index contributed by atoms with van der Waals surface area (Å²) in [6.07, 6.45) is 1.02. The van der Waals surface area contributed by atoms with E-state index in [1.54, 1.807) is 35.2 Å². The Hall–Kier alpha value is -1.99. The van der Waals surface area contributed by atoms with Gasteiger partial charge in [0.2, 0.25) is 5.91 Å². The lowest BCUT2D eigenvalue weighted by molar-refractivity contribution is -0.120. The van der Waals surface area contributed by atoms with Crippen LogP contribution in [0, 0.1) is 0 Å². The zero-order chi connectivity index (χ0) is 17.1. The second kappa shape index (κ2) is 7.27. The van der Waals surface area contributed by atoms with Crippen molar-refractivity contribution in [2.75, 3.05) is 12.9 Å². The molecule has 0 radical (unpaired) electrons. The first kappa shape index (κ1) is 16.9. The van der Waals surface area contributed by atoms with Crippen molar-refractivity contribution in [1.82, 2.24) is 5.32 Å². The number of amides is 1. The van der Waals surface area contributed by atoms with Crippen LogP contribution in [0.15, 0.2) is 29.6 Å². The molecule has 0 saturated heterocycles. The molecule has 2 aromatic rings. The first-order valence-corrected chi connectivity index (χ1v) is 9.38. The quantitative estimate of drug-likeness (QED) is 0.854. The van der Waals surface area contributed by atoms with Crippen LogP contribution >= 0.6 is 23.1 Å². The number of hydrogen-bond acceptors (Lipinski definition) is 5. The fraction of sp³-hybridized carbons (Fsp3) is 0.294. The fourth-order valence-corrected chi connectivity index (χ4v) is 4.99. The van der Waals surface area contributed by atoms with E-state index in [1.807, 2.05) is 11.4 Å². The van der Waals surface area contributed by atoms with Gasteiger partial charge in [0.1, 0.15) is 16.6 Å². The maximum absolute atomic E-state index is 12.5. The molecule has 126 valence electrons.